The van der Waals surface area contributed by atoms with Crippen molar-refractivity contribution in [2.24, 2.45) is 16.9 Å². The van der Waals surface area contributed by atoms with Crippen LogP contribution in [-0.4, -0.2) is 4.89 Å². The monoisotopic (exact) mass is 588 g/mol. The second-order valence-electron chi connectivity index (χ2n) is 16.9. The van der Waals surface area contributed by atoms with E-state index in [9.17, 15) is 4.89 Å². The average Bonchev–Trinajstić information content (AvgIpc) is 2.75. The molecule has 0 amide bonds. The van der Waals surface area contributed by atoms with Crippen LogP contribution in [-0.2, 0) is 34.7 Å². The van der Waals surface area contributed by atoms with E-state index < -0.39 is 8.60 Å². The zero-order chi connectivity index (χ0) is 32.4. The molecule has 234 valence electrons. The maximum absolute atomic E-state index is 11.3. The zero-order valence-electron chi connectivity index (χ0n) is 29.1. The first kappa shape index (κ1) is 37.4. The van der Waals surface area contributed by atoms with Gasteiger partial charge in [0.05, 0.1) is 0 Å². The molecular formula is C35H61N2O3P. The van der Waals surface area contributed by atoms with E-state index in [1.165, 1.54) is 0 Å². The first-order chi connectivity index (χ1) is 18.2. The Labute approximate surface area is 253 Å². The van der Waals surface area contributed by atoms with Crippen molar-refractivity contribution in [3.8, 4) is 11.5 Å². The van der Waals surface area contributed by atoms with E-state index in [0.717, 1.165) is 33.4 Å². The van der Waals surface area contributed by atoms with Crippen LogP contribution in [0.1, 0.15) is 144 Å². The Hall–Kier alpha value is -1.65. The summed E-state index contributed by atoms with van der Waals surface area (Å²) >= 11 is 0. The fraction of sp³-hybridized carbons (Fsp3) is 0.657. The summed E-state index contributed by atoms with van der Waals surface area (Å²) in [5.41, 5.74) is 17.8. The highest BCUT2D eigenvalue weighted by Gasteiger charge is 2.33. The van der Waals surface area contributed by atoms with Crippen LogP contribution < -0.4 is 20.5 Å². The van der Waals surface area contributed by atoms with Gasteiger partial charge in [0, 0.05) is 35.3 Å². The lowest BCUT2D eigenvalue weighted by atomic mass is 9.78. The standard InChI is InChI=1S/C30H49N2O3P.C5H12/c1-27(2,3)21-13-19(17-31)14-22(28(4,5)6)25(21)34-36(33)35-26-23(29(7,8)9)15-20(18-32)16-24(26)30(10,11)12;1-5(2,3)4/h13-16,33H,17-18,31-32H2,1-12H3;1-4H3. The minimum Gasteiger partial charge on any atom is -0.417 e. The molecular weight excluding hydrogens is 527 g/mol. The largest absolute Gasteiger partial charge is 0.460 e. The molecule has 0 aliphatic carbocycles. The fourth-order valence-electron chi connectivity index (χ4n) is 4.21. The molecule has 0 bridgehead atoms. The zero-order valence-corrected chi connectivity index (χ0v) is 30.0. The van der Waals surface area contributed by atoms with Crippen LogP contribution in [0.2, 0.25) is 0 Å². The van der Waals surface area contributed by atoms with E-state index in [1.54, 1.807) is 0 Å². The number of rotatable bonds is 6. The third-order valence-corrected chi connectivity index (χ3v) is 7.02. The normalized spacial score (nSPS) is 13.2. The first-order valence-corrected chi connectivity index (χ1v) is 15.9. The smallest absolute Gasteiger partial charge is 0.417 e. The molecule has 0 saturated heterocycles. The molecule has 5 N–H and O–H groups in total. The van der Waals surface area contributed by atoms with E-state index in [1.807, 2.05) is 0 Å². The van der Waals surface area contributed by atoms with Crippen molar-refractivity contribution in [1.82, 2.24) is 0 Å². The van der Waals surface area contributed by atoms with Gasteiger partial charge in [-0.2, -0.15) is 0 Å². The van der Waals surface area contributed by atoms with Gasteiger partial charge in [0.1, 0.15) is 11.5 Å². The van der Waals surface area contributed by atoms with Crippen molar-refractivity contribution in [3.63, 3.8) is 0 Å². The summed E-state index contributed by atoms with van der Waals surface area (Å²) in [5.74, 6) is 1.35. The van der Waals surface area contributed by atoms with E-state index in [-0.39, 0.29) is 21.7 Å². The van der Waals surface area contributed by atoms with Gasteiger partial charge in [-0.15, -0.1) is 0 Å². The quantitative estimate of drug-likeness (QED) is 0.292. The Morgan fingerprint density at radius 3 is 0.854 bits per heavy atom. The fourth-order valence-corrected chi connectivity index (χ4v) is 4.96. The summed E-state index contributed by atoms with van der Waals surface area (Å²) < 4.78 is 12.7. The number of hydrogen-bond donors (Lipinski definition) is 3. The van der Waals surface area contributed by atoms with Crippen molar-refractivity contribution < 1.29 is 13.9 Å². The van der Waals surface area contributed by atoms with Crippen molar-refractivity contribution in [3.05, 3.63) is 57.6 Å². The molecule has 6 heteroatoms. The van der Waals surface area contributed by atoms with Gasteiger partial charge in [-0.1, -0.05) is 135 Å². The van der Waals surface area contributed by atoms with Crippen LogP contribution >= 0.6 is 8.60 Å². The van der Waals surface area contributed by atoms with Crippen molar-refractivity contribution in [2.45, 2.75) is 146 Å². The second-order valence-corrected chi connectivity index (χ2v) is 17.7. The molecule has 41 heavy (non-hydrogen) atoms. The van der Waals surface area contributed by atoms with Crippen molar-refractivity contribution in [2.75, 3.05) is 0 Å². The Kier molecular flexibility index (Phi) is 12.2. The maximum Gasteiger partial charge on any atom is 0.460 e. The SMILES string of the molecule is CC(C)(C)C.CC(C)(C)c1cc(CN)cc(C(C)(C)C)c1OP(O)Oc1c(C(C)(C)C)cc(CN)cc1C(C)(C)C. The Morgan fingerprint density at radius 1 is 0.512 bits per heavy atom. The lowest BCUT2D eigenvalue weighted by molar-refractivity contribution is 0.360. The molecule has 0 heterocycles. The Balaban J connectivity index is 0.00000154. The Bertz CT molecular complexity index is 993. The van der Waals surface area contributed by atoms with Gasteiger partial charge in [-0.3, -0.25) is 0 Å². The number of nitrogens with two attached hydrogens (primary N) is 2. The molecule has 0 aliphatic rings. The molecule has 0 radical (unpaired) electrons. The van der Waals surface area contributed by atoms with Crippen LogP contribution in [0.15, 0.2) is 24.3 Å². The first-order valence-electron chi connectivity index (χ1n) is 14.8. The van der Waals surface area contributed by atoms with Crippen LogP contribution in [0, 0.1) is 5.41 Å². The minimum atomic E-state index is -2.28. The summed E-state index contributed by atoms with van der Waals surface area (Å²) in [6.07, 6.45) is 0. The highest BCUT2D eigenvalue weighted by Crippen LogP contribution is 2.50. The summed E-state index contributed by atoms with van der Waals surface area (Å²) in [7, 11) is -2.28. The average molecular weight is 589 g/mol. The lowest BCUT2D eigenvalue weighted by Gasteiger charge is -2.33. The van der Waals surface area contributed by atoms with Gasteiger partial charge in [-0.25, -0.2) is 0 Å². The van der Waals surface area contributed by atoms with Gasteiger partial charge in [0.15, 0.2) is 0 Å². The third kappa shape index (κ3) is 11.5. The van der Waals surface area contributed by atoms with Crippen LogP contribution in [0.5, 0.6) is 11.5 Å². The minimum absolute atomic E-state index is 0.216. The van der Waals surface area contributed by atoms with Gasteiger partial charge in [0.2, 0.25) is 0 Å². The third-order valence-electron chi connectivity index (χ3n) is 6.34. The predicted octanol–water partition coefficient (Wildman–Crippen LogP) is 9.52. The molecule has 5 nitrogen and oxygen atoms in total. The van der Waals surface area contributed by atoms with Crippen molar-refractivity contribution in [1.29, 1.82) is 0 Å². The van der Waals surface area contributed by atoms with E-state index >= 15 is 0 Å². The molecule has 2 rings (SSSR count). The molecule has 0 spiro atoms. The van der Waals surface area contributed by atoms with E-state index in [4.69, 9.17) is 20.5 Å². The maximum atomic E-state index is 11.3. The highest BCUT2D eigenvalue weighted by molar-refractivity contribution is 7.41. The molecule has 2 aromatic rings. The molecule has 0 aromatic heterocycles. The van der Waals surface area contributed by atoms with Crippen LogP contribution in [0.4, 0.5) is 0 Å². The Morgan fingerprint density at radius 2 is 0.707 bits per heavy atom. The molecule has 0 saturated carbocycles. The molecule has 0 fully saturated rings. The van der Waals surface area contributed by atoms with E-state index in [0.29, 0.717) is 30.0 Å². The summed E-state index contributed by atoms with van der Waals surface area (Å²) in [6, 6.07) is 8.35. The molecule has 0 unspecified atom stereocenters. The topological polar surface area (TPSA) is 90.7 Å². The van der Waals surface area contributed by atoms with Gasteiger partial charge < -0.3 is 25.4 Å². The van der Waals surface area contributed by atoms with E-state index in [2.05, 4.69) is 135 Å². The lowest BCUT2D eigenvalue weighted by Crippen LogP contribution is -2.22. The van der Waals surface area contributed by atoms with Gasteiger partial charge >= 0.3 is 8.60 Å². The number of benzene rings is 2. The summed E-state index contributed by atoms with van der Waals surface area (Å²) in [5, 5.41) is 0. The summed E-state index contributed by atoms with van der Waals surface area (Å²) in [6.45, 7) is 35.3. The van der Waals surface area contributed by atoms with Gasteiger partial charge in [-0.05, 0) is 38.2 Å². The molecule has 0 atom stereocenters. The van der Waals surface area contributed by atoms with Crippen LogP contribution in [0.25, 0.3) is 0 Å². The molecule has 0 aliphatic heterocycles. The predicted molar refractivity (Wildman–Crippen MR) is 179 cm³/mol. The van der Waals surface area contributed by atoms with Gasteiger partial charge in [0.25, 0.3) is 0 Å². The van der Waals surface area contributed by atoms with Crippen LogP contribution in [0.3, 0.4) is 0 Å². The highest BCUT2D eigenvalue weighted by atomic mass is 31.2. The molecule has 2 aromatic carbocycles. The number of hydrogen-bond acceptors (Lipinski definition) is 5. The summed E-state index contributed by atoms with van der Waals surface area (Å²) in [4.78, 5) is 11.3. The van der Waals surface area contributed by atoms with Crippen molar-refractivity contribution >= 4 is 8.60 Å². The second kappa shape index (κ2) is 13.3.